The van der Waals surface area contributed by atoms with Crippen molar-refractivity contribution in [3.63, 3.8) is 0 Å². The molecule has 4 atom stereocenters. The molecule has 1 aromatic rings. The topological polar surface area (TPSA) is 79.7 Å². The lowest BCUT2D eigenvalue weighted by molar-refractivity contribution is -0.153. The molecule has 4 aliphatic rings. The highest BCUT2D eigenvalue weighted by Crippen LogP contribution is 2.48. The van der Waals surface area contributed by atoms with Crippen molar-refractivity contribution in [2.45, 2.75) is 50.6 Å². The lowest BCUT2D eigenvalue weighted by atomic mass is 9.95. The summed E-state index contributed by atoms with van der Waals surface area (Å²) in [5.41, 5.74) is -0.351. The van der Waals surface area contributed by atoms with E-state index in [4.69, 9.17) is 4.74 Å². The normalized spacial score (nSPS) is 30.1. The van der Waals surface area contributed by atoms with E-state index < -0.39 is 12.2 Å². The smallest absolute Gasteiger partial charge is 0.376 e. The molecule has 1 aromatic heterocycles. The van der Waals surface area contributed by atoms with Gasteiger partial charge in [0, 0.05) is 38.8 Å². The zero-order chi connectivity index (χ0) is 22.5. The van der Waals surface area contributed by atoms with E-state index in [2.05, 4.69) is 10.3 Å². The molecule has 176 valence electrons. The van der Waals surface area contributed by atoms with E-state index in [9.17, 15) is 22.8 Å². The van der Waals surface area contributed by atoms with E-state index >= 15 is 0 Å². The first kappa shape index (κ1) is 21.5. The van der Waals surface area contributed by atoms with Gasteiger partial charge in [0.2, 0.25) is 12.4 Å². The molecule has 1 N–H and O–H groups in total. The molecule has 1 amide bonds. The van der Waals surface area contributed by atoms with Gasteiger partial charge in [0.1, 0.15) is 11.9 Å². The van der Waals surface area contributed by atoms with Crippen LogP contribution in [0.25, 0.3) is 0 Å². The second kappa shape index (κ2) is 8.24. The maximum Gasteiger partial charge on any atom is 0.408 e. The predicted octanol–water partition coefficient (Wildman–Crippen LogP) is 1.70. The minimum Gasteiger partial charge on any atom is -0.376 e. The predicted molar refractivity (Wildman–Crippen MR) is 110 cm³/mol. The summed E-state index contributed by atoms with van der Waals surface area (Å²) >= 11 is 0. The van der Waals surface area contributed by atoms with Crippen LogP contribution in [0.2, 0.25) is 0 Å². The molecule has 2 saturated heterocycles. The maximum absolute atomic E-state index is 13.9. The number of amides is 1. The number of ether oxygens (including phenoxy) is 1. The number of piperidine rings is 1. The number of hydrogen-bond acceptors (Lipinski definition) is 6. The molecule has 11 heteroatoms. The summed E-state index contributed by atoms with van der Waals surface area (Å²) in [5.74, 6) is 1.51. The lowest BCUT2D eigenvalue weighted by Crippen LogP contribution is -2.54. The molecular formula is C21H28F3N5O3. The maximum atomic E-state index is 13.9. The number of carbonyl (C=O) groups is 1. The van der Waals surface area contributed by atoms with E-state index in [1.807, 2.05) is 0 Å². The Labute approximate surface area is 183 Å². The molecule has 0 bridgehead atoms. The Kier molecular flexibility index (Phi) is 5.55. The molecule has 1 saturated carbocycles. The van der Waals surface area contributed by atoms with Crippen LogP contribution >= 0.6 is 0 Å². The van der Waals surface area contributed by atoms with Gasteiger partial charge in [-0.3, -0.25) is 14.2 Å². The van der Waals surface area contributed by atoms with Gasteiger partial charge in [0.25, 0.3) is 5.56 Å². The van der Waals surface area contributed by atoms with Gasteiger partial charge in [0.15, 0.2) is 0 Å². The third kappa shape index (κ3) is 4.18. The largest absolute Gasteiger partial charge is 0.408 e. The SMILES string of the molecule is O=CN1CCC(CN2c3nc(NCC4OCC5CC54)cc(=O)n3CCC2C(F)(F)F)CC1. The Bertz CT molecular complexity index is 915. The molecule has 0 spiro atoms. The molecule has 0 aromatic carbocycles. The van der Waals surface area contributed by atoms with E-state index in [1.165, 1.54) is 15.5 Å². The Hall–Kier alpha value is -2.30. The van der Waals surface area contributed by atoms with E-state index in [0.717, 1.165) is 19.4 Å². The Morgan fingerprint density at radius 3 is 2.62 bits per heavy atom. The summed E-state index contributed by atoms with van der Waals surface area (Å²) in [6.45, 7) is 2.45. The summed E-state index contributed by atoms with van der Waals surface area (Å²) in [6.07, 6.45) is -1.36. The second-order valence-corrected chi connectivity index (χ2v) is 9.43. The van der Waals surface area contributed by atoms with Gasteiger partial charge in [-0.2, -0.15) is 18.2 Å². The molecule has 32 heavy (non-hydrogen) atoms. The van der Waals surface area contributed by atoms with Crippen molar-refractivity contribution >= 4 is 18.2 Å². The zero-order valence-corrected chi connectivity index (χ0v) is 17.8. The number of fused-ring (bicyclic) bond motifs is 2. The number of nitrogens with zero attached hydrogens (tertiary/aromatic N) is 4. The number of carbonyl (C=O) groups excluding carboxylic acids is 1. The highest BCUT2D eigenvalue weighted by atomic mass is 19.4. The van der Waals surface area contributed by atoms with Crippen LogP contribution in [-0.4, -0.2) is 72.0 Å². The van der Waals surface area contributed by atoms with E-state index in [1.54, 1.807) is 4.90 Å². The first-order chi connectivity index (χ1) is 15.3. The molecule has 8 nitrogen and oxygen atoms in total. The minimum absolute atomic E-state index is 0.00481. The summed E-state index contributed by atoms with van der Waals surface area (Å²) in [5, 5.41) is 3.12. The minimum atomic E-state index is -4.42. The fraction of sp³-hybridized carbons (Fsp3) is 0.762. The Morgan fingerprint density at radius 1 is 1.22 bits per heavy atom. The fourth-order valence-electron chi connectivity index (χ4n) is 5.33. The number of halogens is 3. The molecule has 3 fully saturated rings. The molecular weight excluding hydrogens is 427 g/mol. The Morgan fingerprint density at radius 2 is 2.00 bits per heavy atom. The summed E-state index contributed by atoms with van der Waals surface area (Å²) in [6, 6.07) is -0.323. The summed E-state index contributed by atoms with van der Waals surface area (Å²) in [7, 11) is 0. The number of likely N-dealkylation sites (tertiary alicyclic amines) is 1. The number of alkyl halides is 3. The van der Waals surface area contributed by atoms with Gasteiger partial charge in [-0.15, -0.1) is 0 Å². The zero-order valence-electron chi connectivity index (χ0n) is 17.8. The first-order valence-electron chi connectivity index (χ1n) is 11.3. The first-order valence-corrected chi connectivity index (χ1v) is 11.3. The van der Waals surface area contributed by atoms with Crippen molar-refractivity contribution in [2.24, 2.45) is 17.8 Å². The van der Waals surface area contributed by atoms with Crippen LogP contribution in [0.5, 0.6) is 0 Å². The Balaban J connectivity index is 1.38. The molecule has 4 heterocycles. The van der Waals surface area contributed by atoms with Gasteiger partial charge in [-0.25, -0.2) is 0 Å². The quantitative estimate of drug-likeness (QED) is 0.658. The average Bonchev–Trinajstić information content (AvgIpc) is 3.44. The van der Waals surface area contributed by atoms with Crippen molar-refractivity contribution in [1.82, 2.24) is 14.5 Å². The molecule has 4 unspecified atom stereocenters. The van der Waals surface area contributed by atoms with Gasteiger partial charge in [-0.1, -0.05) is 0 Å². The van der Waals surface area contributed by atoms with Crippen LogP contribution in [0, 0.1) is 17.8 Å². The number of nitrogens with one attached hydrogen (secondary N) is 1. The molecule has 5 rings (SSSR count). The summed E-state index contributed by atoms with van der Waals surface area (Å²) < 4.78 is 48.8. The van der Waals surface area contributed by atoms with Gasteiger partial charge in [-0.05, 0) is 43.4 Å². The van der Waals surface area contributed by atoms with Gasteiger partial charge < -0.3 is 19.9 Å². The van der Waals surface area contributed by atoms with Gasteiger partial charge >= 0.3 is 6.18 Å². The summed E-state index contributed by atoms with van der Waals surface area (Å²) in [4.78, 5) is 31.1. The van der Waals surface area contributed by atoms with E-state index in [0.29, 0.717) is 44.3 Å². The number of hydrogen-bond donors (Lipinski definition) is 1. The lowest BCUT2D eigenvalue weighted by Gasteiger charge is -2.42. The van der Waals surface area contributed by atoms with Crippen LogP contribution in [0.3, 0.4) is 0 Å². The number of rotatable bonds is 6. The standard InChI is InChI=1S/C21H28F3N5O3/c22-21(23,24)17-3-6-28-19(31)8-18(25-9-16-15-7-14(15)11-32-16)26-20(28)29(17)10-13-1-4-27(12-30)5-2-13/h8,12-17,25H,1-7,9-11H2. The van der Waals surface area contributed by atoms with E-state index in [-0.39, 0.29) is 48.9 Å². The third-order valence-corrected chi connectivity index (χ3v) is 7.34. The molecule has 1 aliphatic carbocycles. The number of anilines is 2. The highest BCUT2D eigenvalue weighted by molar-refractivity contribution is 5.47. The third-order valence-electron chi connectivity index (χ3n) is 7.34. The van der Waals surface area contributed by atoms with Crippen molar-refractivity contribution in [2.75, 3.05) is 43.0 Å². The van der Waals surface area contributed by atoms with Crippen molar-refractivity contribution in [3.8, 4) is 0 Å². The average molecular weight is 455 g/mol. The van der Waals surface area contributed by atoms with Crippen LogP contribution in [0.1, 0.15) is 25.7 Å². The van der Waals surface area contributed by atoms with Crippen LogP contribution in [-0.2, 0) is 16.1 Å². The van der Waals surface area contributed by atoms with Crippen LogP contribution in [0.15, 0.2) is 10.9 Å². The van der Waals surface area contributed by atoms with Gasteiger partial charge in [0.05, 0.1) is 12.7 Å². The van der Waals surface area contributed by atoms with Crippen molar-refractivity contribution < 1.29 is 22.7 Å². The van der Waals surface area contributed by atoms with Crippen LogP contribution < -0.4 is 15.8 Å². The monoisotopic (exact) mass is 455 g/mol. The van der Waals surface area contributed by atoms with Crippen molar-refractivity contribution in [3.05, 3.63) is 16.4 Å². The van der Waals surface area contributed by atoms with Crippen molar-refractivity contribution in [1.29, 1.82) is 0 Å². The van der Waals surface area contributed by atoms with Crippen LogP contribution in [0.4, 0.5) is 24.9 Å². The second-order valence-electron chi connectivity index (χ2n) is 9.43. The fourth-order valence-corrected chi connectivity index (χ4v) is 5.33. The molecule has 0 radical (unpaired) electrons. The number of aromatic nitrogens is 2. The highest BCUT2D eigenvalue weighted by Gasteiger charge is 2.49. The molecule has 3 aliphatic heterocycles.